The van der Waals surface area contributed by atoms with Crippen LogP contribution in [0.2, 0.25) is 0 Å². The average Bonchev–Trinajstić information content (AvgIpc) is 2.55. The molecule has 4 atom stereocenters. The first-order chi connectivity index (χ1) is 8.39. The molecular formula is C10H14N2O5S. The third-order valence-corrected chi connectivity index (χ3v) is 3.31. The molecule has 0 amide bonds. The van der Waals surface area contributed by atoms with Crippen molar-refractivity contribution in [3.05, 3.63) is 27.4 Å². The van der Waals surface area contributed by atoms with Crippen LogP contribution in [0.25, 0.3) is 0 Å². The number of aliphatic hydroxyl groups excluding tert-OH is 3. The zero-order valence-corrected chi connectivity index (χ0v) is 10.4. The highest BCUT2D eigenvalue weighted by Gasteiger charge is 2.51. The molecule has 1 aliphatic heterocycles. The minimum atomic E-state index is -1.32. The minimum absolute atomic E-state index is 0.259. The molecule has 0 bridgehead atoms. The van der Waals surface area contributed by atoms with E-state index in [0.717, 1.165) is 4.57 Å². The molecule has 2 heterocycles. The lowest BCUT2D eigenvalue weighted by Crippen LogP contribution is -2.43. The van der Waals surface area contributed by atoms with E-state index in [1.807, 2.05) is 0 Å². The Kier molecular flexibility index (Phi) is 3.39. The Morgan fingerprint density at radius 3 is 2.78 bits per heavy atom. The molecule has 1 saturated heterocycles. The van der Waals surface area contributed by atoms with E-state index in [1.165, 1.54) is 19.2 Å². The first-order valence-electron chi connectivity index (χ1n) is 5.35. The molecule has 0 unspecified atom stereocenters. The van der Waals surface area contributed by atoms with Crippen molar-refractivity contribution in [3.63, 3.8) is 0 Å². The topological polar surface area (TPSA) is 108 Å². The summed E-state index contributed by atoms with van der Waals surface area (Å²) < 4.78 is 6.73. The smallest absolute Gasteiger partial charge is 0.328 e. The van der Waals surface area contributed by atoms with E-state index in [4.69, 9.17) is 17.0 Å². The number of aromatic nitrogens is 2. The maximum absolute atomic E-state index is 11.7. The van der Waals surface area contributed by atoms with Crippen LogP contribution in [0, 0.1) is 4.64 Å². The fraction of sp³-hybridized carbons (Fsp3) is 0.600. The lowest BCUT2D eigenvalue weighted by atomic mass is 9.99. The predicted molar refractivity (Wildman–Crippen MR) is 63.5 cm³/mol. The molecule has 2 rings (SSSR count). The van der Waals surface area contributed by atoms with Crippen LogP contribution in [-0.4, -0.2) is 49.3 Å². The van der Waals surface area contributed by atoms with Gasteiger partial charge in [-0.2, -0.15) is 0 Å². The highest BCUT2D eigenvalue weighted by molar-refractivity contribution is 7.71. The molecule has 1 aromatic heterocycles. The molecule has 4 N–H and O–H groups in total. The van der Waals surface area contributed by atoms with Crippen LogP contribution in [0.15, 0.2) is 17.1 Å². The Hall–Kier alpha value is -1.06. The van der Waals surface area contributed by atoms with Gasteiger partial charge in [0.05, 0.1) is 6.61 Å². The SMILES string of the molecule is C[C@]1(CO)O[C@@H](n2ccc(=S)[nH]c2=O)[C@@H](O)[C@H]1O. The number of nitrogens with one attached hydrogen (secondary N) is 1. The Morgan fingerprint density at radius 2 is 2.28 bits per heavy atom. The van der Waals surface area contributed by atoms with Gasteiger partial charge in [0.15, 0.2) is 6.23 Å². The van der Waals surface area contributed by atoms with Gasteiger partial charge >= 0.3 is 5.69 Å². The van der Waals surface area contributed by atoms with Crippen LogP contribution >= 0.6 is 12.2 Å². The largest absolute Gasteiger partial charge is 0.393 e. The fourth-order valence-corrected chi connectivity index (χ4v) is 2.06. The number of H-pyrrole nitrogens is 1. The van der Waals surface area contributed by atoms with E-state index in [0.29, 0.717) is 0 Å². The monoisotopic (exact) mass is 274 g/mol. The van der Waals surface area contributed by atoms with E-state index in [9.17, 15) is 20.1 Å². The second-order valence-corrected chi connectivity index (χ2v) is 4.87. The second kappa shape index (κ2) is 4.56. The maximum atomic E-state index is 11.7. The molecule has 1 aliphatic rings. The average molecular weight is 274 g/mol. The standard InChI is InChI=1S/C10H14N2O5S/c1-10(4-13)7(15)6(14)8(17-10)12-3-2-5(18)11-9(12)16/h2-3,6-8,13-15H,4H2,1H3,(H,11,16,18)/t6-,7+,8+,10+/m0/s1. The minimum Gasteiger partial charge on any atom is -0.393 e. The summed E-state index contributed by atoms with van der Waals surface area (Å²) in [5.41, 5.74) is -1.86. The zero-order valence-electron chi connectivity index (χ0n) is 9.61. The molecule has 100 valence electrons. The van der Waals surface area contributed by atoms with E-state index in [2.05, 4.69) is 4.98 Å². The lowest BCUT2D eigenvalue weighted by molar-refractivity contribution is -0.117. The molecule has 0 aromatic carbocycles. The first-order valence-corrected chi connectivity index (χ1v) is 5.76. The Bertz CT molecular complexity index is 556. The highest BCUT2D eigenvalue weighted by Crippen LogP contribution is 2.35. The van der Waals surface area contributed by atoms with Crippen molar-refractivity contribution in [3.8, 4) is 0 Å². The van der Waals surface area contributed by atoms with Crippen LogP contribution < -0.4 is 5.69 Å². The number of aliphatic hydroxyl groups is 3. The van der Waals surface area contributed by atoms with E-state index in [1.54, 1.807) is 0 Å². The maximum Gasteiger partial charge on any atom is 0.328 e. The zero-order chi connectivity index (χ0) is 13.5. The van der Waals surface area contributed by atoms with E-state index >= 15 is 0 Å². The predicted octanol–water partition coefficient (Wildman–Crippen LogP) is -1.09. The van der Waals surface area contributed by atoms with Crippen LogP contribution in [0.3, 0.4) is 0 Å². The molecule has 1 fully saturated rings. The van der Waals surface area contributed by atoms with Gasteiger partial charge in [-0.25, -0.2) is 4.79 Å². The Morgan fingerprint density at radius 1 is 1.61 bits per heavy atom. The Balaban J connectivity index is 2.41. The summed E-state index contributed by atoms with van der Waals surface area (Å²) in [5, 5.41) is 28.9. The summed E-state index contributed by atoms with van der Waals surface area (Å²) >= 11 is 4.79. The van der Waals surface area contributed by atoms with Gasteiger partial charge in [0.25, 0.3) is 0 Å². The third-order valence-electron chi connectivity index (χ3n) is 3.07. The van der Waals surface area contributed by atoms with Gasteiger partial charge in [-0.3, -0.25) is 9.55 Å². The van der Waals surface area contributed by atoms with E-state index < -0.39 is 36.3 Å². The molecule has 18 heavy (non-hydrogen) atoms. The summed E-state index contributed by atoms with van der Waals surface area (Å²) in [6.45, 7) is 0.983. The molecule has 0 spiro atoms. The number of hydrogen-bond donors (Lipinski definition) is 4. The van der Waals surface area contributed by atoms with Gasteiger partial charge in [-0.15, -0.1) is 0 Å². The van der Waals surface area contributed by atoms with Gasteiger partial charge in [0, 0.05) is 6.20 Å². The van der Waals surface area contributed by atoms with E-state index in [-0.39, 0.29) is 4.64 Å². The normalized spacial score (nSPS) is 35.9. The summed E-state index contributed by atoms with van der Waals surface area (Å²) in [6.07, 6.45) is -2.31. The second-order valence-electron chi connectivity index (χ2n) is 4.43. The molecule has 0 saturated carbocycles. The number of rotatable bonds is 2. The summed E-state index contributed by atoms with van der Waals surface area (Å²) in [6, 6.07) is 1.47. The van der Waals surface area contributed by atoms with Gasteiger partial charge in [0.1, 0.15) is 22.4 Å². The summed E-state index contributed by atoms with van der Waals surface area (Å²) in [4.78, 5) is 14.1. The number of ether oxygens (including phenoxy) is 1. The number of aromatic amines is 1. The van der Waals surface area contributed by atoms with Crippen molar-refractivity contribution in [2.45, 2.75) is 31.0 Å². The number of hydrogen-bond acceptors (Lipinski definition) is 6. The molecule has 0 radical (unpaired) electrons. The van der Waals surface area contributed by atoms with Crippen LogP contribution in [0.4, 0.5) is 0 Å². The first kappa shape index (κ1) is 13.4. The van der Waals surface area contributed by atoms with Crippen molar-refractivity contribution in [1.29, 1.82) is 0 Å². The van der Waals surface area contributed by atoms with Crippen LogP contribution in [0.1, 0.15) is 13.2 Å². The van der Waals surface area contributed by atoms with Crippen molar-refractivity contribution in [2.75, 3.05) is 6.61 Å². The lowest BCUT2D eigenvalue weighted by Gasteiger charge is -2.24. The van der Waals surface area contributed by atoms with Gasteiger partial charge in [-0.05, 0) is 13.0 Å². The quantitative estimate of drug-likeness (QED) is 0.510. The number of nitrogens with zero attached hydrogens (tertiary/aromatic N) is 1. The van der Waals surface area contributed by atoms with Crippen molar-refractivity contribution >= 4 is 12.2 Å². The highest BCUT2D eigenvalue weighted by atomic mass is 32.1. The van der Waals surface area contributed by atoms with Gasteiger partial charge in [0.2, 0.25) is 0 Å². The van der Waals surface area contributed by atoms with Crippen molar-refractivity contribution in [2.24, 2.45) is 0 Å². The molecular weight excluding hydrogens is 260 g/mol. The van der Waals surface area contributed by atoms with Gasteiger partial charge in [-0.1, -0.05) is 12.2 Å². The molecule has 7 nitrogen and oxygen atoms in total. The fourth-order valence-electron chi connectivity index (χ4n) is 1.91. The van der Waals surface area contributed by atoms with Gasteiger partial charge < -0.3 is 20.1 Å². The Labute approximate surface area is 107 Å². The molecule has 8 heteroatoms. The van der Waals surface area contributed by atoms with Crippen LogP contribution in [-0.2, 0) is 4.74 Å². The van der Waals surface area contributed by atoms with Crippen LogP contribution in [0.5, 0.6) is 0 Å². The molecule has 0 aliphatic carbocycles. The molecule has 1 aromatic rings. The van der Waals surface area contributed by atoms with Crippen molar-refractivity contribution in [1.82, 2.24) is 9.55 Å². The van der Waals surface area contributed by atoms with Crippen molar-refractivity contribution < 1.29 is 20.1 Å². The summed E-state index contributed by atoms with van der Waals surface area (Å²) in [5.74, 6) is 0. The third kappa shape index (κ3) is 2.02. The summed E-state index contributed by atoms with van der Waals surface area (Å²) in [7, 11) is 0.